The molecule has 0 spiro atoms. The molecule has 0 radical (unpaired) electrons. The molecule has 1 atom stereocenters. The van der Waals surface area contributed by atoms with Crippen molar-refractivity contribution in [2.75, 3.05) is 0 Å². The van der Waals surface area contributed by atoms with Crippen molar-refractivity contribution in [2.24, 2.45) is 11.4 Å². The van der Waals surface area contributed by atoms with E-state index in [1.807, 2.05) is 39.3 Å². The third-order valence-electron chi connectivity index (χ3n) is 2.04. The molecule has 15 heavy (non-hydrogen) atoms. The number of aryl methyl sites for hydroxylation is 1. The Balaban J connectivity index is 2.78. The van der Waals surface area contributed by atoms with Crippen LogP contribution in [0.25, 0.3) is 0 Å². The zero-order chi connectivity index (χ0) is 11.6. The monoisotopic (exact) mass is 227 g/mol. The number of hydrogen-bond donors (Lipinski definition) is 0. The summed E-state index contributed by atoms with van der Waals surface area (Å²) in [6.07, 6.45) is 3.33. The second-order valence-electron chi connectivity index (χ2n) is 4.41. The van der Waals surface area contributed by atoms with Gasteiger partial charge in [-0.25, -0.2) is 4.98 Å². The van der Waals surface area contributed by atoms with Gasteiger partial charge in [0.1, 0.15) is 22.3 Å². The van der Waals surface area contributed by atoms with Gasteiger partial charge in [0.25, 0.3) is 0 Å². The zero-order valence-corrected chi connectivity index (χ0v) is 10.6. The number of imidazole rings is 1. The third kappa shape index (κ3) is 3.07. The maximum Gasteiger partial charge on any atom is 0.155 e. The minimum atomic E-state index is -1.22. The van der Waals surface area contributed by atoms with Gasteiger partial charge in [-0.1, -0.05) is 4.40 Å². The fraction of sp³-hybridized carbons (Fsp3) is 0.600. The van der Waals surface area contributed by atoms with Gasteiger partial charge in [-0.3, -0.25) is 0 Å². The molecule has 0 aromatic carbocycles. The van der Waals surface area contributed by atoms with E-state index in [0.29, 0.717) is 0 Å². The van der Waals surface area contributed by atoms with Gasteiger partial charge in [0.15, 0.2) is 5.82 Å². The highest BCUT2D eigenvalue weighted by Gasteiger charge is 2.25. The van der Waals surface area contributed by atoms with Crippen molar-refractivity contribution >= 4 is 17.6 Å². The van der Waals surface area contributed by atoms with Gasteiger partial charge in [-0.15, -0.1) is 0 Å². The molecule has 1 aromatic rings. The van der Waals surface area contributed by atoms with Gasteiger partial charge in [0.2, 0.25) is 0 Å². The first kappa shape index (κ1) is 12.3. The highest BCUT2D eigenvalue weighted by atomic mass is 32.2. The van der Waals surface area contributed by atoms with Crippen molar-refractivity contribution in [1.29, 1.82) is 0 Å². The lowest BCUT2D eigenvalue weighted by Crippen LogP contribution is -2.26. The largest absolute Gasteiger partial charge is 0.591 e. The van der Waals surface area contributed by atoms with Gasteiger partial charge in [0, 0.05) is 18.9 Å². The van der Waals surface area contributed by atoms with Crippen LogP contribution in [0.4, 0.5) is 0 Å². The molecular formula is C10H17N3OS. The summed E-state index contributed by atoms with van der Waals surface area (Å²) >= 11 is -1.22. The Bertz CT molecular complexity index is 365. The van der Waals surface area contributed by atoms with Crippen molar-refractivity contribution in [1.82, 2.24) is 9.55 Å². The third-order valence-corrected chi connectivity index (χ3v) is 3.39. The topological polar surface area (TPSA) is 53.2 Å². The lowest BCUT2D eigenvalue weighted by molar-refractivity contribution is 0.561. The molecule has 1 aromatic heterocycles. The van der Waals surface area contributed by atoms with Crippen LogP contribution < -0.4 is 0 Å². The lowest BCUT2D eigenvalue weighted by Gasteiger charge is -2.17. The maximum atomic E-state index is 11.6. The highest BCUT2D eigenvalue weighted by Crippen LogP contribution is 2.16. The Labute approximate surface area is 93.7 Å². The quantitative estimate of drug-likeness (QED) is 0.569. The summed E-state index contributed by atoms with van der Waals surface area (Å²) in [6.45, 7) is 7.64. The molecule has 0 aliphatic heterocycles. The molecule has 0 bridgehead atoms. The predicted molar refractivity (Wildman–Crippen MR) is 63.4 cm³/mol. The van der Waals surface area contributed by atoms with Gasteiger partial charge in [0.05, 0.1) is 0 Å². The van der Waals surface area contributed by atoms with Crippen molar-refractivity contribution < 1.29 is 4.55 Å². The summed E-state index contributed by atoms with van der Waals surface area (Å²) in [7, 11) is 1.91. The summed E-state index contributed by atoms with van der Waals surface area (Å²) in [5.74, 6) is 0.727. The fourth-order valence-corrected chi connectivity index (χ4v) is 1.39. The smallest absolute Gasteiger partial charge is 0.155 e. The van der Waals surface area contributed by atoms with E-state index in [4.69, 9.17) is 0 Å². The van der Waals surface area contributed by atoms with Gasteiger partial charge in [-0.2, -0.15) is 0 Å². The molecule has 5 heteroatoms. The van der Waals surface area contributed by atoms with Crippen LogP contribution in [-0.2, 0) is 18.4 Å². The van der Waals surface area contributed by atoms with Crippen molar-refractivity contribution in [3.63, 3.8) is 0 Å². The molecule has 0 N–H and O–H groups in total. The highest BCUT2D eigenvalue weighted by molar-refractivity contribution is 7.91. The molecule has 0 saturated heterocycles. The minimum Gasteiger partial charge on any atom is -0.591 e. The molecule has 0 aliphatic rings. The van der Waals surface area contributed by atoms with E-state index in [-0.39, 0.29) is 4.75 Å². The minimum absolute atomic E-state index is 0.323. The zero-order valence-electron chi connectivity index (χ0n) is 9.81. The molecule has 0 saturated carbocycles. The van der Waals surface area contributed by atoms with Crippen molar-refractivity contribution in [3.05, 3.63) is 17.7 Å². The molecule has 1 heterocycles. The molecule has 0 amide bonds. The Morgan fingerprint density at radius 2 is 2.13 bits per heavy atom. The molecule has 0 aliphatic carbocycles. The average Bonchev–Trinajstić information content (AvgIpc) is 2.43. The summed E-state index contributed by atoms with van der Waals surface area (Å²) < 4.78 is 17.2. The summed E-state index contributed by atoms with van der Waals surface area (Å²) in [5, 5.41) is 0. The number of rotatable bonds is 2. The van der Waals surface area contributed by atoms with Crippen molar-refractivity contribution in [2.45, 2.75) is 32.4 Å². The second kappa shape index (κ2) is 4.37. The Kier molecular flexibility index (Phi) is 3.57. The van der Waals surface area contributed by atoms with E-state index in [0.717, 1.165) is 11.5 Å². The number of nitrogens with zero attached hydrogens (tertiary/aromatic N) is 3. The van der Waals surface area contributed by atoms with Gasteiger partial charge >= 0.3 is 0 Å². The standard InChI is InChI=1S/C10H17N3OS/c1-8-6-11-9(13(8)5)7-12-15(14)10(2,3)4/h6-7H,1-5H3/b12-7+. The molecule has 4 nitrogen and oxygen atoms in total. The second-order valence-corrected chi connectivity index (χ2v) is 6.35. The predicted octanol–water partition coefficient (Wildman–Crippen LogP) is 1.61. The van der Waals surface area contributed by atoms with Crippen LogP contribution >= 0.6 is 0 Å². The van der Waals surface area contributed by atoms with Crippen LogP contribution in [0.15, 0.2) is 10.6 Å². The van der Waals surface area contributed by atoms with E-state index >= 15 is 0 Å². The lowest BCUT2D eigenvalue weighted by atomic mass is 10.3. The van der Waals surface area contributed by atoms with Gasteiger partial charge < -0.3 is 9.12 Å². The van der Waals surface area contributed by atoms with E-state index in [1.54, 1.807) is 12.4 Å². The summed E-state index contributed by atoms with van der Waals surface area (Å²) in [4.78, 5) is 4.15. The van der Waals surface area contributed by atoms with Crippen LogP contribution in [-0.4, -0.2) is 25.1 Å². The van der Waals surface area contributed by atoms with Crippen LogP contribution in [0, 0.1) is 6.92 Å². The van der Waals surface area contributed by atoms with Crippen LogP contribution in [0.2, 0.25) is 0 Å². The summed E-state index contributed by atoms with van der Waals surface area (Å²) in [6, 6.07) is 0. The van der Waals surface area contributed by atoms with Crippen LogP contribution in [0.3, 0.4) is 0 Å². The van der Waals surface area contributed by atoms with Crippen LogP contribution in [0.5, 0.6) is 0 Å². The Hall–Kier alpha value is -0.810. The van der Waals surface area contributed by atoms with E-state index < -0.39 is 11.4 Å². The molecular weight excluding hydrogens is 210 g/mol. The molecule has 1 rings (SSSR count). The normalized spacial score (nSPS) is 14.8. The maximum absolute atomic E-state index is 11.6. The average molecular weight is 227 g/mol. The SMILES string of the molecule is Cc1cnc(/C=N/[S+]([O-])C(C)(C)C)n1C. The van der Waals surface area contributed by atoms with E-state index in [9.17, 15) is 4.55 Å². The summed E-state index contributed by atoms with van der Waals surface area (Å²) in [5.41, 5.74) is 1.05. The number of hydrogen-bond acceptors (Lipinski definition) is 3. The van der Waals surface area contributed by atoms with Crippen LogP contribution in [0.1, 0.15) is 32.3 Å². The van der Waals surface area contributed by atoms with E-state index in [1.165, 1.54) is 0 Å². The first-order chi connectivity index (χ1) is 6.82. The van der Waals surface area contributed by atoms with Gasteiger partial charge in [-0.05, 0) is 27.7 Å². The molecule has 84 valence electrons. The number of aromatic nitrogens is 2. The van der Waals surface area contributed by atoms with Crippen molar-refractivity contribution in [3.8, 4) is 0 Å². The Morgan fingerprint density at radius 1 is 1.53 bits per heavy atom. The molecule has 0 fully saturated rings. The Morgan fingerprint density at radius 3 is 2.53 bits per heavy atom. The molecule has 1 unspecified atom stereocenters. The first-order valence-corrected chi connectivity index (χ1v) is 5.87. The van der Waals surface area contributed by atoms with E-state index in [2.05, 4.69) is 9.38 Å². The first-order valence-electron chi connectivity index (χ1n) is 4.77. The fourth-order valence-electron chi connectivity index (χ4n) is 0.887.